The van der Waals surface area contributed by atoms with Gasteiger partial charge in [-0.25, -0.2) is 13.8 Å². The molecule has 4 aromatic rings. The second kappa shape index (κ2) is 14.0. The van der Waals surface area contributed by atoms with E-state index >= 15 is 0 Å². The Hall–Kier alpha value is -4.38. The number of nitrogens with one attached hydrogen (secondary N) is 2. The topological polar surface area (TPSA) is 117 Å². The van der Waals surface area contributed by atoms with E-state index < -0.39 is 22.5 Å². The molecule has 0 fully saturated rings. The Kier molecular flexibility index (Phi) is 10.2. The maximum Gasteiger partial charge on any atom is 0.264 e. The van der Waals surface area contributed by atoms with Crippen molar-refractivity contribution in [3.8, 4) is 5.75 Å². The molecular weight excluding hydrogens is 599 g/mol. The predicted octanol–water partition coefficient (Wildman–Crippen LogP) is 5.66. The van der Waals surface area contributed by atoms with Gasteiger partial charge < -0.3 is 10.1 Å². The smallest absolute Gasteiger partial charge is 0.264 e. The molecule has 2 amide bonds. The number of halogens is 2. The maximum absolute atomic E-state index is 13.4. The van der Waals surface area contributed by atoms with E-state index in [2.05, 4.69) is 15.8 Å². The number of amides is 2. The average Bonchev–Trinajstić information content (AvgIpc) is 2.97. The summed E-state index contributed by atoms with van der Waals surface area (Å²) in [5.41, 5.74) is 4.61. The highest BCUT2D eigenvalue weighted by Gasteiger charge is 2.27. The van der Waals surface area contributed by atoms with Crippen LogP contribution >= 0.6 is 23.2 Å². The molecular formula is C30H26Cl2N4O5S. The molecule has 216 valence electrons. The summed E-state index contributed by atoms with van der Waals surface area (Å²) >= 11 is 12.1. The van der Waals surface area contributed by atoms with E-state index in [1.165, 1.54) is 24.4 Å². The first-order chi connectivity index (χ1) is 20.1. The third kappa shape index (κ3) is 8.32. The lowest BCUT2D eigenvalue weighted by Crippen LogP contribution is -2.39. The number of hydrazone groups is 1. The third-order valence-corrected chi connectivity index (χ3v) is 8.15. The van der Waals surface area contributed by atoms with Crippen molar-refractivity contribution in [2.24, 2.45) is 5.10 Å². The van der Waals surface area contributed by atoms with Crippen molar-refractivity contribution in [2.45, 2.75) is 11.8 Å². The molecule has 42 heavy (non-hydrogen) atoms. The van der Waals surface area contributed by atoms with Crippen LogP contribution in [0.25, 0.3) is 0 Å². The number of carbonyl (C=O) groups is 2. The Labute approximate surface area is 253 Å². The van der Waals surface area contributed by atoms with Crippen molar-refractivity contribution in [3.05, 3.63) is 118 Å². The van der Waals surface area contributed by atoms with E-state index in [1.54, 1.807) is 78.9 Å². The molecule has 0 radical (unpaired) electrons. The fraction of sp³-hybridized carbons (Fsp3) is 0.100. The molecule has 0 aliphatic heterocycles. The third-order valence-electron chi connectivity index (χ3n) is 5.79. The monoisotopic (exact) mass is 624 g/mol. The first kappa shape index (κ1) is 30.6. The Bertz CT molecular complexity index is 1700. The van der Waals surface area contributed by atoms with Gasteiger partial charge in [0.25, 0.3) is 21.8 Å². The molecule has 9 nitrogen and oxygen atoms in total. The van der Waals surface area contributed by atoms with E-state index in [9.17, 15) is 18.0 Å². The van der Waals surface area contributed by atoms with Crippen molar-refractivity contribution in [2.75, 3.05) is 22.8 Å². The normalized spacial score (nSPS) is 11.2. The minimum absolute atomic E-state index is 0.0352. The van der Waals surface area contributed by atoms with Gasteiger partial charge >= 0.3 is 0 Å². The lowest BCUT2D eigenvalue weighted by Gasteiger charge is -2.24. The van der Waals surface area contributed by atoms with Crippen molar-refractivity contribution in [1.82, 2.24) is 5.43 Å². The number of carbonyl (C=O) groups excluding carboxylic acids is 2. The minimum atomic E-state index is -4.08. The zero-order valence-corrected chi connectivity index (χ0v) is 24.7. The Balaban J connectivity index is 1.35. The SMILES string of the molecule is Cc1ccc(S(=O)(=O)N(CC(=O)N/N=C\c2ccc(OCC(=O)Nc3ccccc3Cl)cc2)c2cccc(Cl)c2)cc1. The van der Waals surface area contributed by atoms with E-state index in [-0.39, 0.29) is 23.1 Å². The van der Waals surface area contributed by atoms with Gasteiger partial charge in [-0.15, -0.1) is 0 Å². The number of sulfonamides is 1. The van der Waals surface area contributed by atoms with Crippen molar-refractivity contribution < 1.29 is 22.7 Å². The van der Waals surface area contributed by atoms with Crippen LogP contribution in [0.5, 0.6) is 5.75 Å². The molecule has 4 aromatic carbocycles. The van der Waals surface area contributed by atoms with Gasteiger partial charge in [-0.05, 0) is 79.2 Å². The van der Waals surface area contributed by atoms with Crippen LogP contribution in [0.1, 0.15) is 11.1 Å². The van der Waals surface area contributed by atoms with E-state index in [4.69, 9.17) is 27.9 Å². The van der Waals surface area contributed by atoms with Crippen molar-refractivity contribution >= 4 is 62.6 Å². The number of nitrogens with zero attached hydrogens (tertiary/aromatic N) is 2. The summed E-state index contributed by atoms with van der Waals surface area (Å²) < 4.78 is 33.4. The molecule has 0 spiro atoms. The highest BCUT2D eigenvalue weighted by Crippen LogP contribution is 2.26. The van der Waals surface area contributed by atoms with Gasteiger partial charge in [-0.3, -0.25) is 13.9 Å². The van der Waals surface area contributed by atoms with Crippen LogP contribution in [0.3, 0.4) is 0 Å². The number of benzene rings is 4. The van der Waals surface area contributed by atoms with Gasteiger partial charge in [0.2, 0.25) is 0 Å². The van der Waals surface area contributed by atoms with Gasteiger partial charge in [0.05, 0.1) is 27.5 Å². The molecule has 0 aromatic heterocycles. The first-order valence-electron chi connectivity index (χ1n) is 12.6. The molecule has 0 bridgehead atoms. The van der Waals surface area contributed by atoms with Crippen LogP contribution in [0.4, 0.5) is 11.4 Å². The number of aryl methyl sites for hydroxylation is 1. The van der Waals surface area contributed by atoms with Crippen LogP contribution in [0, 0.1) is 6.92 Å². The summed E-state index contributed by atoms with van der Waals surface area (Å²) in [5.74, 6) is -0.581. The number of ether oxygens (including phenoxy) is 1. The molecule has 2 N–H and O–H groups in total. The van der Waals surface area contributed by atoms with E-state index in [0.29, 0.717) is 27.0 Å². The van der Waals surface area contributed by atoms with Crippen LogP contribution < -0.4 is 19.8 Å². The number of hydrogen-bond donors (Lipinski definition) is 2. The minimum Gasteiger partial charge on any atom is -0.484 e. The van der Waals surface area contributed by atoms with Gasteiger partial charge in [0.1, 0.15) is 12.3 Å². The number of rotatable bonds is 11. The Morgan fingerprint density at radius 1 is 0.905 bits per heavy atom. The van der Waals surface area contributed by atoms with Crippen LogP contribution in [0.2, 0.25) is 10.0 Å². The molecule has 0 unspecified atom stereocenters. The lowest BCUT2D eigenvalue weighted by molar-refractivity contribution is -0.119. The summed E-state index contributed by atoms with van der Waals surface area (Å²) in [6.45, 7) is 1.10. The quantitative estimate of drug-likeness (QED) is 0.165. The van der Waals surface area contributed by atoms with Crippen molar-refractivity contribution in [1.29, 1.82) is 0 Å². The van der Waals surface area contributed by atoms with Crippen LogP contribution in [0.15, 0.2) is 107 Å². The predicted molar refractivity (Wildman–Crippen MR) is 165 cm³/mol. The van der Waals surface area contributed by atoms with Gasteiger partial charge in [0, 0.05) is 5.02 Å². The lowest BCUT2D eigenvalue weighted by atomic mass is 10.2. The Morgan fingerprint density at radius 3 is 2.31 bits per heavy atom. The first-order valence-corrected chi connectivity index (χ1v) is 14.8. The molecule has 0 saturated heterocycles. The van der Waals surface area contributed by atoms with Crippen LogP contribution in [-0.2, 0) is 19.6 Å². The molecule has 0 aliphatic carbocycles. The molecule has 4 rings (SSSR count). The van der Waals surface area contributed by atoms with Gasteiger partial charge in [-0.2, -0.15) is 5.10 Å². The second-order valence-electron chi connectivity index (χ2n) is 8.98. The molecule has 0 atom stereocenters. The van der Waals surface area contributed by atoms with Crippen LogP contribution in [-0.4, -0.2) is 39.6 Å². The summed E-state index contributed by atoms with van der Waals surface area (Å²) in [6, 6.07) is 26.1. The number of para-hydroxylation sites is 1. The standard InChI is InChI=1S/C30H26Cl2N4O5S/c1-21-9-15-26(16-10-21)42(39,40)36(24-6-4-5-23(31)17-24)19-29(37)35-33-18-22-11-13-25(14-12-22)41-20-30(38)34-28-8-3-2-7-27(28)32/h2-18H,19-20H2,1H3,(H,34,38)(H,35,37)/b33-18-. The zero-order valence-electron chi connectivity index (χ0n) is 22.3. The fourth-order valence-electron chi connectivity index (χ4n) is 3.68. The van der Waals surface area contributed by atoms with E-state index in [1.807, 2.05) is 6.92 Å². The maximum atomic E-state index is 13.4. The fourth-order valence-corrected chi connectivity index (χ4v) is 5.46. The molecule has 0 heterocycles. The van der Waals surface area contributed by atoms with E-state index in [0.717, 1.165) is 9.87 Å². The largest absolute Gasteiger partial charge is 0.484 e. The summed E-state index contributed by atoms with van der Waals surface area (Å²) in [5, 5.41) is 7.36. The number of hydrogen-bond acceptors (Lipinski definition) is 6. The van der Waals surface area contributed by atoms with Gasteiger partial charge in [-0.1, -0.05) is 59.1 Å². The molecule has 0 saturated carbocycles. The zero-order chi connectivity index (χ0) is 30.1. The molecule has 0 aliphatic rings. The Morgan fingerprint density at radius 2 is 1.62 bits per heavy atom. The summed E-state index contributed by atoms with van der Waals surface area (Å²) in [6.07, 6.45) is 1.39. The number of anilines is 2. The van der Waals surface area contributed by atoms with Crippen molar-refractivity contribution in [3.63, 3.8) is 0 Å². The highest BCUT2D eigenvalue weighted by molar-refractivity contribution is 7.92. The molecule has 12 heteroatoms. The second-order valence-corrected chi connectivity index (χ2v) is 11.7. The summed E-state index contributed by atoms with van der Waals surface area (Å²) in [4.78, 5) is 24.9. The highest BCUT2D eigenvalue weighted by atomic mass is 35.5. The summed E-state index contributed by atoms with van der Waals surface area (Å²) in [7, 11) is -4.08. The average molecular weight is 626 g/mol. The van der Waals surface area contributed by atoms with Gasteiger partial charge in [0.15, 0.2) is 6.61 Å².